The Morgan fingerprint density at radius 2 is 0.870 bits per heavy atom. The third-order valence-corrected chi connectivity index (χ3v) is 18.6. The number of nitrogens with one attached hydrogen (secondary N) is 6. The Kier molecular flexibility index (Phi) is 33.8. The molecule has 13 N–H and O–H groups in total. The van der Waals surface area contributed by atoms with Crippen LogP contribution in [0.2, 0.25) is 0 Å². The Morgan fingerprint density at radius 3 is 1.26 bits per heavy atom. The normalized spacial score (nSPS) is 10.5. The molecule has 12 rings (SSSR count). The summed E-state index contributed by atoms with van der Waals surface area (Å²) in [6, 6.07) is 33.7. The van der Waals surface area contributed by atoms with Gasteiger partial charge in [0.25, 0.3) is 11.6 Å². The molecule has 12 aromatic rings. The summed E-state index contributed by atoms with van der Waals surface area (Å²) in [6.45, 7) is 2.72. The van der Waals surface area contributed by atoms with Crippen LogP contribution in [0.1, 0.15) is 23.6 Å². The lowest BCUT2D eigenvalue weighted by atomic mass is 10.1. The number of hydrogen-bond donors (Lipinski definition) is 13. The van der Waals surface area contributed by atoms with Crippen LogP contribution in [0.3, 0.4) is 0 Å². The van der Waals surface area contributed by atoms with E-state index in [0.717, 1.165) is 105 Å². The molecular weight excluding hydrogens is 1630 g/mol. The van der Waals surface area contributed by atoms with Gasteiger partial charge in [-0.05, 0) is 61.5 Å². The number of rotatable bonds is 29. The number of aromatic hydroxyl groups is 1. The number of benzene rings is 6. The van der Waals surface area contributed by atoms with Gasteiger partial charge in [0.05, 0.1) is 59.2 Å². The van der Waals surface area contributed by atoms with Crippen LogP contribution in [0.4, 0.5) is 24.5 Å². The molecule has 47 heteroatoms. The molecule has 0 saturated heterocycles. The number of halogens is 3. The number of thioether (sulfide) groups is 6. The number of hydrogen-bond acceptors (Lipinski definition) is 30. The zero-order chi connectivity index (χ0) is 83.9. The molecule has 0 saturated carbocycles. The van der Waals surface area contributed by atoms with Gasteiger partial charge in [-0.3, -0.25) is 69.5 Å². The van der Waals surface area contributed by atoms with E-state index in [4.69, 9.17) is 46.5 Å². The van der Waals surface area contributed by atoms with Crippen LogP contribution >= 0.6 is 70.6 Å². The number of carboxylic acid groups (broad SMARTS) is 6. The molecule has 38 nitrogen and oxygen atoms in total. The first kappa shape index (κ1) is 89.0. The van der Waals surface area contributed by atoms with Gasteiger partial charge in [-0.2, -0.15) is 0 Å². The molecule has 0 atom stereocenters. The van der Waals surface area contributed by atoms with Gasteiger partial charge >= 0.3 is 41.5 Å². The third-order valence-electron chi connectivity index (χ3n) is 13.6. The van der Waals surface area contributed by atoms with Gasteiger partial charge in [0.2, 0.25) is 30.9 Å². The van der Waals surface area contributed by atoms with Crippen molar-refractivity contribution in [2.24, 2.45) is 0 Å². The molecule has 0 fully saturated rings. The van der Waals surface area contributed by atoms with E-state index in [1.54, 1.807) is 60.7 Å². The van der Waals surface area contributed by atoms with Gasteiger partial charge in [0.15, 0.2) is 47.7 Å². The van der Waals surface area contributed by atoms with Crippen LogP contribution in [-0.2, 0) is 34.7 Å². The summed E-state index contributed by atoms with van der Waals surface area (Å²) >= 11 is 5.99. The highest BCUT2D eigenvalue weighted by Crippen LogP contribution is 2.34. The van der Waals surface area contributed by atoms with Gasteiger partial charge in [-0.25, -0.2) is 43.1 Å². The van der Waals surface area contributed by atoms with E-state index in [-0.39, 0.29) is 67.6 Å². The minimum absolute atomic E-state index is 0.0678. The number of aryl methyl sites for hydroxylation is 1. The standard InChI is InChI=1S/C12H11F2N3O2S.C12H9N3O2S.C11H10FN3O3S.C11H10N4O5S.C11H10N4O3S.C11H11N3O3S/c1-12(13,14)8-4-2-3-7(5-8)10-15-11(17-16-10)20-6-9(18)19;1-2-8-4-3-5-9(6-8)11-13-12(15-14-11)18-7-10(16)17;1-18-8-3-6(2-7(12)4-8)10-13-11(15-14-10)19-5-9(16)17;1-20-8-3-2-6(4-7(8)15(18)19)10-12-11(14-13-10)21-5-9(16)17;1-15(18)8-4-2-3-7(5-8)10-12-11(14-13-10)19-6-9(16)17;1-6-2-3-8(15)7(4-6)10-12-11(14-13-10)18-5-9(16)17/h2-5H,6H2,1H3,(H,18,19)(H,15,16,17);1,3-6H,7H2,(H,16,17)(H,13,14,15);2-4H,5H2,1H3,(H,16,17)(H,13,14,15);2-4H,5H2,1H3,(H,16,17)(H,12,13,14);2-5H,6H2,1H3,(H-,12,13,14,16,17);2-4,15H,5H2,1H3,(H,16,17)(H,12,13,14)/p+1. The number of H-pyrrole nitrogens is 6. The van der Waals surface area contributed by atoms with E-state index >= 15 is 0 Å². The highest BCUT2D eigenvalue weighted by Gasteiger charge is 2.25. The second-order valence-electron chi connectivity index (χ2n) is 22.2. The molecule has 0 bridgehead atoms. The van der Waals surface area contributed by atoms with Gasteiger partial charge in [-0.15, -0.1) is 37.0 Å². The monoisotopic (exact) mass is 1700 g/mol. The smallest absolute Gasteiger partial charge is 0.313 e. The van der Waals surface area contributed by atoms with E-state index in [1.165, 1.54) is 63.7 Å². The predicted molar refractivity (Wildman–Crippen MR) is 414 cm³/mol. The van der Waals surface area contributed by atoms with Crippen molar-refractivity contribution in [1.29, 1.82) is 0 Å². The summed E-state index contributed by atoms with van der Waals surface area (Å²) in [5.41, 5.74) is 5.43. The summed E-state index contributed by atoms with van der Waals surface area (Å²) in [5.74, 6) is -4.15. The Labute approximate surface area is 671 Å². The zero-order valence-corrected chi connectivity index (χ0v) is 64.8. The highest BCUT2D eigenvalue weighted by atomic mass is 32.2. The maximum atomic E-state index is 13.3. The van der Waals surface area contributed by atoms with E-state index in [0.29, 0.717) is 89.3 Å². The number of methoxy groups -OCH3 is 2. The van der Waals surface area contributed by atoms with Crippen molar-refractivity contribution in [3.05, 3.63) is 165 Å². The maximum absolute atomic E-state index is 13.3. The van der Waals surface area contributed by atoms with Crippen LogP contribution in [0.25, 0.3) is 68.3 Å². The second-order valence-corrected chi connectivity index (χ2v) is 27.8. The second kappa shape index (κ2) is 43.6. The number of nitro groups is 1. The SMILES string of the molecule is C#Cc1cccc(-c2nc(SCC(=O)O)n[nH]2)c1.CC(F)(F)c1cccc(-c2nc(SCC(=O)O)n[nH]2)c1.COc1cc(F)cc(-c2nc(SCC(=O)O)n[nH]2)c1.COc1ccc(-c2nc(SCC(=O)O)n[nH]2)cc1[N+](=O)[O-].C[N+](=O)c1cccc(-c2nc(SCC(=O)O)n[nH]2)c1.Cc1ccc(O)c(-c2nc(SCC(=O)O)n[nH]2)c1. The third kappa shape index (κ3) is 29.5. The largest absolute Gasteiger partial charge is 0.507 e. The number of aromatic nitrogens is 18. The van der Waals surface area contributed by atoms with Gasteiger partial charge < -0.3 is 45.2 Å². The average Bonchev–Trinajstić information content (AvgIpc) is 1.80. The van der Waals surface area contributed by atoms with Crippen molar-refractivity contribution in [2.75, 3.05) is 55.8 Å². The van der Waals surface area contributed by atoms with Gasteiger partial charge in [0, 0.05) is 79.8 Å². The summed E-state index contributed by atoms with van der Waals surface area (Å²) in [4.78, 5) is 109. The molecule has 6 heterocycles. The number of nitrogens with zero attached hydrogens (tertiary/aromatic N) is 14. The van der Waals surface area contributed by atoms with Crippen LogP contribution in [0.15, 0.2) is 158 Å². The Balaban J connectivity index is 0.000000191. The molecule has 0 amide bonds. The van der Waals surface area contributed by atoms with Crippen molar-refractivity contribution < 1.29 is 96.8 Å². The first-order valence-electron chi connectivity index (χ1n) is 31.9. The van der Waals surface area contributed by atoms with Crippen molar-refractivity contribution in [3.63, 3.8) is 0 Å². The zero-order valence-electron chi connectivity index (χ0n) is 59.9. The average molecular weight is 1700 g/mol. The molecule has 6 aromatic carbocycles. The molecule has 598 valence electrons. The number of carbonyl (C=O) groups is 6. The Morgan fingerprint density at radius 1 is 0.487 bits per heavy atom. The van der Waals surface area contributed by atoms with Gasteiger partial charge in [0.1, 0.15) is 17.3 Å². The quantitative estimate of drug-likeness (QED) is 0.00681. The molecule has 0 spiro atoms. The van der Waals surface area contributed by atoms with E-state index < -0.39 is 52.5 Å². The van der Waals surface area contributed by atoms with Gasteiger partial charge in [-0.1, -0.05) is 131 Å². The number of alkyl halides is 2. The summed E-state index contributed by atoms with van der Waals surface area (Å²) in [5, 5.41) is 113. The first-order valence-corrected chi connectivity index (χ1v) is 37.8. The molecule has 6 aromatic heterocycles. The Bertz CT molecular complexity index is 5440. The number of nitroso groups, excluding NO2 is 1. The number of nitro benzene ring substituents is 1. The summed E-state index contributed by atoms with van der Waals surface area (Å²) in [7, 11) is 4.19. The molecule has 0 aliphatic carbocycles. The van der Waals surface area contributed by atoms with E-state index in [1.807, 2.05) is 31.2 Å². The van der Waals surface area contributed by atoms with Crippen LogP contribution in [0.5, 0.6) is 17.2 Å². The van der Waals surface area contributed by atoms with Crippen LogP contribution in [-0.4, -0.2) is 228 Å². The van der Waals surface area contributed by atoms with Crippen molar-refractivity contribution in [3.8, 4) is 97.9 Å². The lowest BCUT2D eigenvalue weighted by Gasteiger charge is -2.10. The summed E-state index contributed by atoms with van der Waals surface area (Å²) < 4.78 is 50.5. The molecule has 0 unspecified atom stereocenters. The number of phenolic OH excluding ortho intramolecular Hbond substituents is 1. The van der Waals surface area contributed by atoms with Crippen molar-refractivity contribution in [2.45, 2.75) is 50.7 Å². The van der Waals surface area contributed by atoms with Crippen LogP contribution in [0, 0.1) is 40.1 Å². The lowest BCUT2D eigenvalue weighted by Crippen LogP contribution is -2.06. The number of aromatic amines is 6. The molecule has 0 radical (unpaired) electrons. The fourth-order valence-corrected chi connectivity index (χ4v) is 11.7. The molecule has 115 heavy (non-hydrogen) atoms. The number of terminal acetylenes is 1. The fraction of sp³-hybridized carbons (Fsp3) is 0.176. The number of ether oxygens (including phenoxy) is 2. The lowest BCUT2D eigenvalue weighted by molar-refractivity contribution is -0.428. The Hall–Kier alpha value is -13.2. The number of carboxylic acids is 6. The summed E-state index contributed by atoms with van der Waals surface area (Å²) in [6.07, 6.45) is 5.32. The van der Waals surface area contributed by atoms with Crippen molar-refractivity contribution in [1.82, 2.24) is 91.1 Å². The first-order chi connectivity index (χ1) is 54.7. The number of phenols is 1. The minimum Gasteiger partial charge on any atom is -0.507 e. The molecular formula is C68H62F3N20O18S6+. The highest BCUT2D eigenvalue weighted by molar-refractivity contribution is 8.00. The van der Waals surface area contributed by atoms with E-state index in [2.05, 4.69) is 97.0 Å². The topological polar surface area (TPSA) is 575 Å². The van der Waals surface area contributed by atoms with Crippen molar-refractivity contribution >= 4 is 118 Å². The predicted octanol–water partition coefficient (Wildman–Crippen LogP) is 11.1. The molecule has 0 aliphatic rings. The molecule has 0 aliphatic heterocycles. The number of aliphatic carboxylic acids is 6. The maximum Gasteiger partial charge on any atom is 0.313 e. The minimum atomic E-state index is -2.93. The van der Waals surface area contributed by atoms with E-state index in [9.17, 15) is 62.1 Å². The fourth-order valence-electron chi connectivity index (χ4n) is 8.57. The van der Waals surface area contributed by atoms with Crippen LogP contribution < -0.4 is 9.47 Å².